The summed E-state index contributed by atoms with van der Waals surface area (Å²) in [5.41, 5.74) is 0.338. The van der Waals surface area contributed by atoms with Crippen molar-refractivity contribution in [1.82, 2.24) is 4.90 Å². The molecule has 1 aromatic carbocycles. The van der Waals surface area contributed by atoms with E-state index in [-0.39, 0.29) is 12.7 Å². The van der Waals surface area contributed by atoms with Crippen LogP contribution in [0.25, 0.3) is 0 Å². The third kappa shape index (κ3) is 3.35. The van der Waals surface area contributed by atoms with Gasteiger partial charge in [0.1, 0.15) is 12.4 Å². The first-order chi connectivity index (χ1) is 8.66. The summed E-state index contributed by atoms with van der Waals surface area (Å²) in [7, 11) is 0. The molecule has 1 aliphatic heterocycles. The molecule has 0 radical (unpaired) electrons. The highest BCUT2D eigenvalue weighted by atomic mass is 35.5. The van der Waals surface area contributed by atoms with Crippen molar-refractivity contribution in [3.05, 3.63) is 34.6 Å². The van der Waals surface area contributed by atoms with Gasteiger partial charge < -0.3 is 9.64 Å². The van der Waals surface area contributed by atoms with Crippen LogP contribution < -0.4 is 0 Å². The fourth-order valence-electron chi connectivity index (χ4n) is 1.95. The molecular formula is C13H15ClFNO2. The number of hydrogen-bond donors (Lipinski definition) is 0. The Morgan fingerprint density at radius 1 is 1.33 bits per heavy atom. The van der Waals surface area contributed by atoms with E-state index in [0.717, 1.165) is 32.4 Å². The largest absolute Gasteiger partial charge is 0.444 e. The SMILES string of the molecule is O=C(OCc1ccc(Cl)cc1F)N1CCCCC1. The number of benzene rings is 1. The van der Waals surface area contributed by atoms with Crippen molar-refractivity contribution in [2.24, 2.45) is 0 Å². The van der Waals surface area contributed by atoms with Crippen LogP contribution in [0.5, 0.6) is 0 Å². The van der Waals surface area contributed by atoms with Gasteiger partial charge in [0, 0.05) is 23.7 Å². The van der Waals surface area contributed by atoms with Gasteiger partial charge in [-0.1, -0.05) is 17.7 Å². The van der Waals surface area contributed by atoms with Crippen molar-refractivity contribution in [2.45, 2.75) is 25.9 Å². The van der Waals surface area contributed by atoms with E-state index in [0.29, 0.717) is 10.6 Å². The standard InChI is InChI=1S/C13H15ClFNO2/c14-11-5-4-10(12(15)8-11)9-18-13(17)16-6-2-1-3-7-16/h4-5,8H,1-3,6-7,9H2. The Morgan fingerprint density at radius 3 is 2.72 bits per heavy atom. The van der Waals surface area contributed by atoms with Crippen molar-refractivity contribution in [1.29, 1.82) is 0 Å². The normalized spacial score (nSPS) is 15.6. The predicted octanol–water partition coefficient (Wildman–Crippen LogP) is 3.60. The summed E-state index contributed by atoms with van der Waals surface area (Å²) in [5.74, 6) is -0.450. The second kappa shape index (κ2) is 6.05. The van der Waals surface area contributed by atoms with E-state index in [9.17, 15) is 9.18 Å². The highest BCUT2D eigenvalue weighted by Gasteiger charge is 2.18. The maximum Gasteiger partial charge on any atom is 0.410 e. The second-order valence-electron chi connectivity index (χ2n) is 4.34. The second-order valence-corrected chi connectivity index (χ2v) is 4.77. The monoisotopic (exact) mass is 271 g/mol. The van der Waals surface area contributed by atoms with Gasteiger partial charge in [-0.3, -0.25) is 0 Å². The predicted molar refractivity (Wildman–Crippen MR) is 67.0 cm³/mol. The summed E-state index contributed by atoms with van der Waals surface area (Å²) in [5, 5.41) is 0.332. The molecule has 1 aliphatic rings. The number of amides is 1. The summed E-state index contributed by atoms with van der Waals surface area (Å²) < 4.78 is 18.5. The number of carbonyl (C=O) groups is 1. The van der Waals surface area contributed by atoms with Crippen LogP contribution in [-0.4, -0.2) is 24.1 Å². The van der Waals surface area contributed by atoms with E-state index in [1.54, 1.807) is 11.0 Å². The topological polar surface area (TPSA) is 29.5 Å². The number of piperidine rings is 1. The Labute approximate surface area is 110 Å². The number of carbonyl (C=O) groups excluding carboxylic acids is 1. The van der Waals surface area contributed by atoms with Gasteiger partial charge in [-0.05, 0) is 31.4 Å². The Hall–Kier alpha value is -1.29. The molecule has 0 saturated carbocycles. The summed E-state index contributed by atoms with van der Waals surface area (Å²) in [6, 6.07) is 4.32. The molecule has 5 heteroatoms. The van der Waals surface area contributed by atoms with E-state index < -0.39 is 5.82 Å². The van der Waals surface area contributed by atoms with Crippen LogP contribution in [0.3, 0.4) is 0 Å². The van der Waals surface area contributed by atoms with E-state index in [4.69, 9.17) is 16.3 Å². The average molecular weight is 272 g/mol. The van der Waals surface area contributed by atoms with Crippen molar-refractivity contribution < 1.29 is 13.9 Å². The van der Waals surface area contributed by atoms with Gasteiger partial charge in [0.05, 0.1) is 0 Å². The zero-order valence-electron chi connectivity index (χ0n) is 9.99. The minimum absolute atomic E-state index is 0.0572. The number of nitrogens with zero attached hydrogens (tertiary/aromatic N) is 1. The van der Waals surface area contributed by atoms with Crippen LogP contribution in [0.1, 0.15) is 24.8 Å². The van der Waals surface area contributed by atoms with Gasteiger partial charge in [-0.25, -0.2) is 9.18 Å². The lowest BCUT2D eigenvalue weighted by atomic mass is 10.1. The molecular weight excluding hydrogens is 257 g/mol. The minimum Gasteiger partial charge on any atom is -0.444 e. The Balaban J connectivity index is 1.88. The van der Waals surface area contributed by atoms with Gasteiger partial charge in [0.25, 0.3) is 0 Å². The summed E-state index contributed by atoms with van der Waals surface area (Å²) >= 11 is 5.65. The average Bonchev–Trinajstić information content (AvgIpc) is 2.38. The molecule has 1 fully saturated rings. The molecule has 1 amide bonds. The lowest BCUT2D eigenvalue weighted by Gasteiger charge is -2.25. The molecule has 1 aromatic rings. The molecule has 0 spiro atoms. The van der Waals surface area contributed by atoms with Crippen LogP contribution >= 0.6 is 11.6 Å². The molecule has 98 valence electrons. The Morgan fingerprint density at radius 2 is 2.06 bits per heavy atom. The van der Waals surface area contributed by atoms with Gasteiger partial charge in [0.15, 0.2) is 0 Å². The van der Waals surface area contributed by atoms with Crippen molar-refractivity contribution in [3.8, 4) is 0 Å². The van der Waals surface area contributed by atoms with E-state index in [1.807, 2.05) is 0 Å². The highest BCUT2D eigenvalue weighted by Crippen LogP contribution is 2.16. The summed E-state index contributed by atoms with van der Waals surface area (Å²) in [6.07, 6.45) is 2.79. The fraction of sp³-hybridized carbons (Fsp3) is 0.462. The Bertz CT molecular complexity index is 433. The minimum atomic E-state index is -0.450. The first-order valence-electron chi connectivity index (χ1n) is 6.02. The molecule has 0 N–H and O–H groups in total. The maximum atomic E-state index is 13.5. The van der Waals surface area contributed by atoms with Gasteiger partial charge in [0.2, 0.25) is 0 Å². The summed E-state index contributed by atoms with van der Waals surface area (Å²) in [4.78, 5) is 13.4. The smallest absolute Gasteiger partial charge is 0.410 e. The van der Waals surface area contributed by atoms with Crippen molar-refractivity contribution in [3.63, 3.8) is 0 Å². The number of hydrogen-bond acceptors (Lipinski definition) is 2. The fourth-order valence-corrected chi connectivity index (χ4v) is 2.10. The van der Waals surface area contributed by atoms with E-state index in [2.05, 4.69) is 0 Å². The van der Waals surface area contributed by atoms with Gasteiger partial charge in [-0.15, -0.1) is 0 Å². The highest BCUT2D eigenvalue weighted by molar-refractivity contribution is 6.30. The Kier molecular flexibility index (Phi) is 4.42. The van der Waals surface area contributed by atoms with E-state index >= 15 is 0 Å². The van der Waals surface area contributed by atoms with Gasteiger partial charge in [-0.2, -0.15) is 0 Å². The molecule has 0 atom stereocenters. The first-order valence-corrected chi connectivity index (χ1v) is 6.40. The summed E-state index contributed by atoms with van der Waals surface area (Å²) in [6.45, 7) is 1.39. The number of ether oxygens (including phenoxy) is 1. The van der Waals surface area contributed by atoms with Crippen LogP contribution in [-0.2, 0) is 11.3 Å². The molecule has 18 heavy (non-hydrogen) atoms. The van der Waals surface area contributed by atoms with Crippen LogP contribution in [0.15, 0.2) is 18.2 Å². The molecule has 0 aromatic heterocycles. The lowest BCUT2D eigenvalue weighted by Crippen LogP contribution is -2.35. The molecule has 0 bridgehead atoms. The molecule has 2 rings (SSSR count). The first kappa shape index (κ1) is 13.1. The maximum absolute atomic E-state index is 13.5. The van der Waals surface area contributed by atoms with Crippen molar-refractivity contribution in [2.75, 3.05) is 13.1 Å². The molecule has 0 aliphatic carbocycles. The number of halogens is 2. The number of likely N-dealkylation sites (tertiary alicyclic amines) is 1. The zero-order chi connectivity index (χ0) is 13.0. The molecule has 0 unspecified atom stereocenters. The molecule has 3 nitrogen and oxygen atoms in total. The quantitative estimate of drug-likeness (QED) is 0.822. The number of rotatable bonds is 2. The third-order valence-corrected chi connectivity index (χ3v) is 3.22. The van der Waals surface area contributed by atoms with Crippen molar-refractivity contribution >= 4 is 17.7 Å². The van der Waals surface area contributed by atoms with E-state index in [1.165, 1.54) is 12.1 Å². The van der Waals surface area contributed by atoms with Gasteiger partial charge >= 0.3 is 6.09 Å². The molecule has 1 heterocycles. The third-order valence-electron chi connectivity index (χ3n) is 2.98. The van der Waals surface area contributed by atoms with Crippen LogP contribution in [0, 0.1) is 5.82 Å². The lowest BCUT2D eigenvalue weighted by molar-refractivity contribution is 0.0886. The molecule has 1 saturated heterocycles. The van der Waals surface area contributed by atoms with Crippen LogP contribution in [0.4, 0.5) is 9.18 Å². The zero-order valence-corrected chi connectivity index (χ0v) is 10.8. The van der Waals surface area contributed by atoms with Crippen LogP contribution in [0.2, 0.25) is 5.02 Å².